The number of hydrogen-bond acceptors (Lipinski definition) is 3. The predicted molar refractivity (Wildman–Crippen MR) is 68.7 cm³/mol. The number of benzene rings is 1. The Morgan fingerprint density at radius 2 is 2.11 bits per heavy atom. The average Bonchev–Trinajstić information content (AvgIpc) is 3.12. The molecule has 2 rings (SSSR count). The number of nitrogens with one attached hydrogen (secondary N) is 1. The summed E-state index contributed by atoms with van der Waals surface area (Å²) in [6.45, 7) is 2.57. The normalized spacial score (nSPS) is 21.3. The van der Waals surface area contributed by atoms with Crippen molar-refractivity contribution in [2.24, 2.45) is 11.8 Å². The Morgan fingerprint density at radius 3 is 2.67 bits per heavy atom. The number of hydrogen-bond donors (Lipinski definition) is 1. The zero-order valence-corrected chi connectivity index (χ0v) is 11.0. The molecule has 1 N–H and O–H groups in total. The van der Waals surface area contributed by atoms with Crippen LogP contribution in [0.5, 0.6) is 11.5 Å². The number of methoxy groups -OCH3 is 2. The zero-order chi connectivity index (χ0) is 13.1. The van der Waals surface area contributed by atoms with Crippen LogP contribution in [-0.2, 0) is 11.3 Å². The number of carbonyl (C=O) groups is 1. The Kier molecular flexibility index (Phi) is 3.75. The van der Waals surface area contributed by atoms with Crippen LogP contribution in [0.4, 0.5) is 0 Å². The molecule has 1 aromatic rings. The van der Waals surface area contributed by atoms with Crippen molar-refractivity contribution in [2.45, 2.75) is 19.9 Å². The molecule has 1 amide bonds. The highest BCUT2D eigenvalue weighted by Crippen LogP contribution is 2.38. The fraction of sp³-hybridized carbons (Fsp3) is 0.500. The van der Waals surface area contributed by atoms with Crippen LogP contribution in [0, 0.1) is 11.8 Å². The molecular weight excluding hydrogens is 230 g/mol. The second-order valence-corrected chi connectivity index (χ2v) is 4.69. The Labute approximate surface area is 107 Å². The molecule has 0 aliphatic heterocycles. The maximum Gasteiger partial charge on any atom is 0.223 e. The standard InChI is InChI=1S/C14H19NO3/c1-9-7-11(9)14(16)15-8-10-5-4-6-12(17-2)13(10)18-3/h4-6,9,11H,7-8H2,1-3H3,(H,15,16). The first-order valence-corrected chi connectivity index (χ1v) is 6.15. The second-order valence-electron chi connectivity index (χ2n) is 4.69. The van der Waals surface area contributed by atoms with E-state index in [0.29, 0.717) is 24.0 Å². The van der Waals surface area contributed by atoms with Crippen LogP contribution in [0.3, 0.4) is 0 Å². The van der Waals surface area contributed by atoms with Crippen LogP contribution in [0.1, 0.15) is 18.9 Å². The highest BCUT2D eigenvalue weighted by Gasteiger charge is 2.38. The summed E-state index contributed by atoms with van der Waals surface area (Å²) in [6, 6.07) is 5.66. The lowest BCUT2D eigenvalue weighted by Crippen LogP contribution is -2.25. The van der Waals surface area contributed by atoms with E-state index in [0.717, 1.165) is 12.0 Å². The van der Waals surface area contributed by atoms with Crippen molar-refractivity contribution in [1.82, 2.24) is 5.32 Å². The van der Waals surface area contributed by atoms with E-state index in [2.05, 4.69) is 12.2 Å². The molecule has 1 aliphatic rings. The SMILES string of the molecule is COc1cccc(CNC(=O)C2CC2C)c1OC. The van der Waals surface area contributed by atoms with E-state index in [1.165, 1.54) is 0 Å². The second kappa shape index (κ2) is 5.29. The summed E-state index contributed by atoms with van der Waals surface area (Å²) in [4.78, 5) is 11.8. The molecular formula is C14H19NO3. The van der Waals surface area contributed by atoms with Gasteiger partial charge in [-0.05, 0) is 18.4 Å². The lowest BCUT2D eigenvalue weighted by molar-refractivity contribution is -0.122. The van der Waals surface area contributed by atoms with Crippen LogP contribution < -0.4 is 14.8 Å². The van der Waals surface area contributed by atoms with E-state index < -0.39 is 0 Å². The van der Waals surface area contributed by atoms with E-state index in [9.17, 15) is 4.79 Å². The topological polar surface area (TPSA) is 47.6 Å². The molecule has 1 fully saturated rings. The number of ether oxygens (including phenoxy) is 2. The molecule has 0 saturated heterocycles. The quantitative estimate of drug-likeness (QED) is 0.868. The van der Waals surface area contributed by atoms with Crippen LogP contribution in [0.15, 0.2) is 18.2 Å². The average molecular weight is 249 g/mol. The van der Waals surface area contributed by atoms with E-state index in [-0.39, 0.29) is 11.8 Å². The molecule has 18 heavy (non-hydrogen) atoms. The minimum absolute atomic E-state index is 0.132. The van der Waals surface area contributed by atoms with Crippen molar-refractivity contribution in [3.63, 3.8) is 0 Å². The first-order valence-electron chi connectivity index (χ1n) is 6.15. The van der Waals surface area contributed by atoms with Crippen LogP contribution in [-0.4, -0.2) is 20.1 Å². The maximum atomic E-state index is 11.8. The van der Waals surface area contributed by atoms with Gasteiger partial charge in [-0.15, -0.1) is 0 Å². The Hall–Kier alpha value is -1.71. The lowest BCUT2D eigenvalue weighted by atomic mass is 10.1. The zero-order valence-electron chi connectivity index (χ0n) is 11.0. The molecule has 0 bridgehead atoms. The Balaban J connectivity index is 2.02. The van der Waals surface area contributed by atoms with Gasteiger partial charge in [-0.2, -0.15) is 0 Å². The van der Waals surface area contributed by atoms with Gasteiger partial charge in [-0.25, -0.2) is 0 Å². The monoisotopic (exact) mass is 249 g/mol. The minimum atomic E-state index is 0.132. The number of para-hydroxylation sites is 1. The van der Waals surface area contributed by atoms with Crippen molar-refractivity contribution in [2.75, 3.05) is 14.2 Å². The molecule has 0 aromatic heterocycles. The third-order valence-corrected chi connectivity index (χ3v) is 3.38. The van der Waals surface area contributed by atoms with E-state index in [1.807, 2.05) is 18.2 Å². The number of rotatable bonds is 5. The predicted octanol–water partition coefficient (Wildman–Crippen LogP) is 1.98. The molecule has 0 radical (unpaired) electrons. The minimum Gasteiger partial charge on any atom is -0.493 e. The highest BCUT2D eigenvalue weighted by atomic mass is 16.5. The maximum absolute atomic E-state index is 11.8. The molecule has 98 valence electrons. The van der Waals surface area contributed by atoms with Crippen molar-refractivity contribution in [3.05, 3.63) is 23.8 Å². The molecule has 1 aromatic carbocycles. The molecule has 1 aliphatic carbocycles. The molecule has 0 heterocycles. The number of amides is 1. The van der Waals surface area contributed by atoms with E-state index in [1.54, 1.807) is 14.2 Å². The van der Waals surface area contributed by atoms with Crippen LogP contribution in [0.25, 0.3) is 0 Å². The van der Waals surface area contributed by atoms with Crippen molar-refractivity contribution in [3.8, 4) is 11.5 Å². The van der Waals surface area contributed by atoms with Gasteiger partial charge < -0.3 is 14.8 Å². The summed E-state index contributed by atoms with van der Waals surface area (Å²) in [7, 11) is 3.21. The molecule has 4 heteroatoms. The van der Waals surface area contributed by atoms with Gasteiger partial charge >= 0.3 is 0 Å². The molecule has 4 nitrogen and oxygen atoms in total. The lowest BCUT2D eigenvalue weighted by Gasteiger charge is -2.13. The Morgan fingerprint density at radius 1 is 1.39 bits per heavy atom. The van der Waals surface area contributed by atoms with Gasteiger partial charge in [0.05, 0.1) is 14.2 Å². The van der Waals surface area contributed by atoms with Crippen molar-refractivity contribution >= 4 is 5.91 Å². The summed E-state index contributed by atoms with van der Waals surface area (Å²) < 4.78 is 10.5. The van der Waals surface area contributed by atoms with Gasteiger partial charge in [-0.1, -0.05) is 19.1 Å². The summed E-state index contributed by atoms with van der Waals surface area (Å²) in [5.74, 6) is 2.22. The van der Waals surface area contributed by atoms with Gasteiger partial charge in [-0.3, -0.25) is 4.79 Å². The largest absolute Gasteiger partial charge is 0.493 e. The van der Waals surface area contributed by atoms with Gasteiger partial charge in [0.2, 0.25) is 5.91 Å². The summed E-state index contributed by atoms with van der Waals surface area (Å²) in [6.07, 6.45) is 1.00. The number of carbonyl (C=O) groups excluding carboxylic acids is 1. The smallest absolute Gasteiger partial charge is 0.223 e. The molecule has 0 spiro atoms. The molecule has 2 unspecified atom stereocenters. The van der Waals surface area contributed by atoms with Gasteiger partial charge in [0, 0.05) is 18.0 Å². The fourth-order valence-corrected chi connectivity index (χ4v) is 2.09. The third-order valence-electron chi connectivity index (χ3n) is 3.38. The van der Waals surface area contributed by atoms with Gasteiger partial charge in [0.25, 0.3) is 0 Å². The first-order chi connectivity index (χ1) is 8.67. The van der Waals surface area contributed by atoms with Crippen LogP contribution in [0.2, 0.25) is 0 Å². The van der Waals surface area contributed by atoms with Crippen molar-refractivity contribution in [1.29, 1.82) is 0 Å². The van der Waals surface area contributed by atoms with Gasteiger partial charge in [0.15, 0.2) is 11.5 Å². The van der Waals surface area contributed by atoms with Gasteiger partial charge in [0.1, 0.15) is 0 Å². The molecule has 2 atom stereocenters. The first kappa shape index (κ1) is 12.7. The fourth-order valence-electron chi connectivity index (χ4n) is 2.09. The summed E-state index contributed by atoms with van der Waals surface area (Å²) in [5, 5.41) is 2.94. The van der Waals surface area contributed by atoms with Crippen molar-refractivity contribution < 1.29 is 14.3 Å². The summed E-state index contributed by atoms with van der Waals surface area (Å²) >= 11 is 0. The highest BCUT2D eigenvalue weighted by molar-refractivity contribution is 5.81. The van der Waals surface area contributed by atoms with Crippen LogP contribution >= 0.6 is 0 Å². The van der Waals surface area contributed by atoms with E-state index >= 15 is 0 Å². The molecule has 1 saturated carbocycles. The summed E-state index contributed by atoms with van der Waals surface area (Å²) in [5.41, 5.74) is 0.929. The van der Waals surface area contributed by atoms with E-state index in [4.69, 9.17) is 9.47 Å². The third kappa shape index (κ3) is 2.58. The Bertz CT molecular complexity index is 445.